The third-order valence-corrected chi connectivity index (χ3v) is 1.74. The van der Waals surface area contributed by atoms with Crippen molar-refractivity contribution in [2.45, 2.75) is 25.8 Å². The first-order chi connectivity index (χ1) is 6.08. The maximum atomic E-state index is 5.81. The summed E-state index contributed by atoms with van der Waals surface area (Å²) in [6, 6.07) is 10.4. The molecule has 0 aromatic heterocycles. The van der Waals surface area contributed by atoms with Crippen LogP contribution in [0.3, 0.4) is 0 Å². The monoisotopic (exact) mass is 175 g/mol. The van der Waals surface area contributed by atoms with Crippen LogP contribution in [-0.4, -0.2) is 5.54 Å². The second-order valence-corrected chi connectivity index (χ2v) is 3.91. The Hall–Kier alpha value is -1.08. The van der Waals surface area contributed by atoms with Gasteiger partial charge in [-0.05, 0) is 25.8 Å². The Bertz CT molecular complexity index is 267. The molecule has 0 heterocycles. The molecule has 2 N–H and O–H groups in total. The Morgan fingerprint density at radius 2 is 1.85 bits per heavy atom. The minimum atomic E-state index is -0.200. The van der Waals surface area contributed by atoms with Gasteiger partial charge < -0.3 is 5.73 Å². The fourth-order valence-corrected chi connectivity index (χ4v) is 1.11. The van der Waals surface area contributed by atoms with Crippen LogP contribution >= 0.6 is 0 Å². The topological polar surface area (TPSA) is 26.0 Å². The molecule has 0 saturated heterocycles. The summed E-state index contributed by atoms with van der Waals surface area (Å²) in [5, 5.41) is 0. The molecule has 0 saturated carbocycles. The van der Waals surface area contributed by atoms with Crippen LogP contribution in [0.5, 0.6) is 0 Å². The summed E-state index contributed by atoms with van der Waals surface area (Å²) in [7, 11) is 0. The Balaban J connectivity index is 2.49. The molecule has 1 aromatic carbocycles. The van der Waals surface area contributed by atoms with Crippen LogP contribution in [0.2, 0.25) is 0 Å². The summed E-state index contributed by atoms with van der Waals surface area (Å²) in [6.45, 7) is 3.99. The van der Waals surface area contributed by atoms with E-state index in [1.807, 2.05) is 26.0 Å². The van der Waals surface area contributed by atoms with E-state index in [0.29, 0.717) is 0 Å². The smallest absolute Gasteiger partial charge is 0.0281 e. The van der Waals surface area contributed by atoms with Gasteiger partial charge in [0.15, 0.2) is 0 Å². The highest BCUT2D eigenvalue weighted by molar-refractivity contribution is 5.18. The molecule has 0 aliphatic carbocycles. The molecule has 0 spiro atoms. The third-order valence-electron chi connectivity index (χ3n) is 1.74. The van der Waals surface area contributed by atoms with Crippen molar-refractivity contribution in [1.82, 2.24) is 0 Å². The first-order valence-corrected chi connectivity index (χ1v) is 4.58. The van der Waals surface area contributed by atoms with E-state index in [9.17, 15) is 0 Å². The number of allylic oxidation sites excluding steroid dienone is 1. The molecular formula is C12H17N. The van der Waals surface area contributed by atoms with Crippen molar-refractivity contribution >= 4 is 0 Å². The van der Waals surface area contributed by atoms with E-state index >= 15 is 0 Å². The molecule has 0 aliphatic rings. The van der Waals surface area contributed by atoms with Gasteiger partial charge in [0.25, 0.3) is 0 Å². The number of benzene rings is 1. The largest absolute Gasteiger partial charge is 0.322 e. The van der Waals surface area contributed by atoms with Crippen molar-refractivity contribution in [2.24, 2.45) is 5.73 Å². The molecule has 13 heavy (non-hydrogen) atoms. The number of rotatable bonds is 3. The molecule has 70 valence electrons. The molecule has 1 heteroatoms. The van der Waals surface area contributed by atoms with Gasteiger partial charge >= 0.3 is 0 Å². The first kappa shape index (κ1) is 10.0. The van der Waals surface area contributed by atoms with Crippen LogP contribution in [0.25, 0.3) is 0 Å². The standard InChI is InChI=1S/C12H17N/c1-12(2,13)10-6-9-11-7-4-3-5-8-11/h3-8,10H,9,13H2,1-2H3/b10-6+. The Morgan fingerprint density at radius 1 is 1.23 bits per heavy atom. The quantitative estimate of drug-likeness (QED) is 0.702. The minimum absolute atomic E-state index is 0.200. The molecule has 0 radical (unpaired) electrons. The fraction of sp³-hybridized carbons (Fsp3) is 0.333. The lowest BCUT2D eigenvalue weighted by Crippen LogP contribution is -2.28. The molecule has 1 aromatic rings. The van der Waals surface area contributed by atoms with Gasteiger partial charge in [0.05, 0.1) is 0 Å². The van der Waals surface area contributed by atoms with Crippen LogP contribution in [0.1, 0.15) is 19.4 Å². The summed E-state index contributed by atoms with van der Waals surface area (Å²) >= 11 is 0. The van der Waals surface area contributed by atoms with E-state index in [2.05, 4.69) is 30.3 Å². The highest BCUT2D eigenvalue weighted by Gasteiger charge is 2.02. The van der Waals surface area contributed by atoms with Crippen molar-refractivity contribution in [3.63, 3.8) is 0 Å². The van der Waals surface area contributed by atoms with Gasteiger partial charge in [0.2, 0.25) is 0 Å². The van der Waals surface area contributed by atoms with Crippen LogP contribution in [-0.2, 0) is 6.42 Å². The highest BCUT2D eigenvalue weighted by atomic mass is 14.7. The third kappa shape index (κ3) is 4.48. The number of hydrogen-bond donors (Lipinski definition) is 1. The van der Waals surface area contributed by atoms with Gasteiger partial charge in [-0.2, -0.15) is 0 Å². The van der Waals surface area contributed by atoms with Gasteiger partial charge in [0.1, 0.15) is 0 Å². The predicted octanol–water partition coefficient (Wildman–Crippen LogP) is 2.52. The number of hydrogen-bond acceptors (Lipinski definition) is 1. The molecule has 0 bridgehead atoms. The van der Waals surface area contributed by atoms with E-state index in [4.69, 9.17) is 5.73 Å². The van der Waals surface area contributed by atoms with Gasteiger partial charge in [-0.1, -0.05) is 42.5 Å². The van der Waals surface area contributed by atoms with E-state index in [1.54, 1.807) is 0 Å². The van der Waals surface area contributed by atoms with E-state index in [0.717, 1.165) is 6.42 Å². The van der Waals surface area contributed by atoms with Gasteiger partial charge in [-0.25, -0.2) is 0 Å². The van der Waals surface area contributed by atoms with Crippen molar-refractivity contribution < 1.29 is 0 Å². The Labute approximate surface area is 80.3 Å². The molecule has 1 rings (SSSR count). The molecule has 0 fully saturated rings. The van der Waals surface area contributed by atoms with E-state index in [-0.39, 0.29) is 5.54 Å². The summed E-state index contributed by atoms with van der Waals surface area (Å²) in [6.07, 6.45) is 5.12. The zero-order valence-corrected chi connectivity index (χ0v) is 8.33. The molecular weight excluding hydrogens is 158 g/mol. The van der Waals surface area contributed by atoms with Crippen molar-refractivity contribution in [3.05, 3.63) is 48.0 Å². The fourth-order valence-electron chi connectivity index (χ4n) is 1.11. The SMILES string of the molecule is CC(C)(N)/C=C/Cc1ccccc1. The van der Waals surface area contributed by atoms with Crippen molar-refractivity contribution in [3.8, 4) is 0 Å². The molecule has 0 aliphatic heterocycles. The van der Waals surface area contributed by atoms with Crippen LogP contribution in [0.15, 0.2) is 42.5 Å². The van der Waals surface area contributed by atoms with Gasteiger partial charge in [-0.15, -0.1) is 0 Å². The lowest BCUT2D eigenvalue weighted by Gasteiger charge is -2.11. The molecule has 1 nitrogen and oxygen atoms in total. The maximum Gasteiger partial charge on any atom is 0.0281 e. The highest BCUT2D eigenvalue weighted by Crippen LogP contribution is 2.03. The summed E-state index contributed by atoms with van der Waals surface area (Å²) in [5.74, 6) is 0. The zero-order valence-electron chi connectivity index (χ0n) is 8.33. The van der Waals surface area contributed by atoms with Crippen LogP contribution in [0, 0.1) is 0 Å². The summed E-state index contributed by atoms with van der Waals surface area (Å²) in [5.41, 5.74) is 6.94. The van der Waals surface area contributed by atoms with E-state index < -0.39 is 0 Å². The average molecular weight is 175 g/mol. The molecule has 0 unspecified atom stereocenters. The average Bonchev–Trinajstić information content (AvgIpc) is 2.04. The van der Waals surface area contributed by atoms with Gasteiger partial charge in [0, 0.05) is 5.54 Å². The summed E-state index contributed by atoms with van der Waals surface area (Å²) < 4.78 is 0. The zero-order chi connectivity index (χ0) is 9.73. The van der Waals surface area contributed by atoms with Gasteiger partial charge in [-0.3, -0.25) is 0 Å². The normalized spacial score (nSPS) is 12.2. The lowest BCUT2D eigenvalue weighted by molar-refractivity contribution is 0.652. The van der Waals surface area contributed by atoms with Crippen LogP contribution in [0.4, 0.5) is 0 Å². The Kier molecular flexibility index (Phi) is 3.26. The van der Waals surface area contributed by atoms with Crippen molar-refractivity contribution in [1.29, 1.82) is 0 Å². The van der Waals surface area contributed by atoms with Crippen LogP contribution < -0.4 is 5.73 Å². The molecule has 0 atom stereocenters. The van der Waals surface area contributed by atoms with Crippen molar-refractivity contribution in [2.75, 3.05) is 0 Å². The maximum absolute atomic E-state index is 5.81. The number of nitrogens with two attached hydrogens (primary N) is 1. The minimum Gasteiger partial charge on any atom is -0.322 e. The lowest BCUT2D eigenvalue weighted by atomic mass is 10.0. The Morgan fingerprint density at radius 3 is 2.38 bits per heavy atom. The van der Waals surface area contributed by atoms with E-state index in [1.165, 1.54) is 5.56 Å². The first-order valence-electron chi connectivity index (χ1n) is 4.58. The second kappa shape index (κ2) is 4.24. The molecule has 0 amide bonds. The predicted molar refractivity (Wildman–Crippen MR) is 57.6 cm³/mol. The summed E-state index contributed by atoms with van der Waals surface area (Å²) in [4.78, 5) is 0. The second-order valence-electron chi connectivity index (χ2n) is 3.91.